The van der Waals surface area contributed by atoms with E-state index in [1.807, 2.05) is 0 Å². The summed E-state index contributed by atoms with van der Waals surface area (Å²) in [7, 11) is 1.71. The highest BCUT2D eigenvalue weighted by Gasteiger charge is 2.29. The van der Waals surface area contributed by atoms with Gasteiger partial charge in [-0.2, -0.15) is 0 Å². The Morgan fingerprint density at radius 2 is 2.14 bits per heavy atom. The van der Waals surface area contributed by atoms with Gasteiger partial charge in [0.2, 0.25) is 0 Å². The summed E-state index contributed by atoms with van der Waals surface area (Å²) in [4.78, 5) is 25.5. The zero-order chi connectivity index (χ0) is 15.6. The lowest BCUT2D eigenvalue weighted by molar-refractivity contribution is -0.125. The van der Waals surface area contributed by atoms with Crippen molar-refractivity contribution >= 4 is 17.5 Å². The number of hydrogen-bond acceptors (Lipinski definition) is 3. The summed E-state index contributed by atoms with van der Waals surface area (Å²) in [6.45, 7) is 6.60. The van der Waals surface area contributed by atoms with E-state index in [1.165, 1.54) is 0 Å². The average molecular weight is 290 g/mol. The van der Waals surface area contributed by atoms with Gasteiger partial charge < -0.3 is 15.0 Å². The van der Waals surface area contributed by atoms with E-state index >= 15 is 0 Å². The maximum absolute atomic E-state index is 12.1. The van der Waals surface area contributed by atoms with Crippen LogP contribution >= 0.6 is 0 Å². The highest BCUT2D eigenvalue weighted by molar-refractivity contribution is 6.01. The highest BCUT2D eigenvalue weighted by atomic mass is 16.5. The van der Waals surface area contributed by atoms with Gasteiger partial charge in [0.1, 0.15) is 5.75 Å². The van der Waals surface area contributed by atoms with Crippen LogP contribution in [0.2, 0.25) is 0 Å². The third-order valence-corrected chi connectivity index (χ3v) is 3.57. The molecule has 0 saturated carbocycles. The lowest BCUT2D eigenvalue weighted by Crippen LogP contribution is -2.42. The van der Waals surface area contributed by atoms with E-state index in [0.717, 1.165) is 6.42 Å². The first-order chi connectivity index (χ1) is 9.90. The Hall–Kier alpha value is -2.04. The highest BCUT2D eigenvalue weighted by Crippen LogP contribution is 2.33. The number of carbonyl (C=O) groups is 2. The predicted octanol–water partition coefficient (Wildman–Crippen LogP) is 2.21. The largest absolute Gasteiger partial charge is 0.479 e. The predicted molar refractivity (Wildman–Crippen MR) is 81.7 cm³/mol. The Bertz CT molecular complexity index is 554. The van der Waals surface area contributed by atoms with Crippen LogP contribution < -0.4 is 15.0 Å². The number of ether oxygens (including phenoxy) is 1. The Labute approximate surface area is 125 Å². The number of hydrogen-bond donors (Lipinski definition) is 1. The molecule has 1 aliphatic rings. The van der Waals surface area contributed by atoms with Crippen molar-refractivity contribution in [3.05, 3.63) is 23.8 Å². The third kappa shape index (κ3) is 3.35. The van der Waals surface area contributed by atoms with Crippen LogP contribution in [0.15, 0.2) is 18.2 Å². The first-order valence-corrected chi connectivity index (χ1v) is 7.26. The fourth-order valence-electron chi connectivity index (χ4n) is 2.24. The van der Waals surface area contributed by atoms with E-state index in [-0.39, 0.29) is 11.8 Å². The van der Waals surface area contributed by atoms with Gasteiger partial charge in [0.15, 0.2) is 6.10 Å². The van der Waals surface area contributed by atoms with Crippen molar-refractivity contribution in [1.29, 1.82) is 0 Å². The first kappa shape index (κ1) is 15.4. The normalized spacial score (nSPS) is 17.5. The van der Waals surface area contributed by atoms with Gasteiger partial charge in [0.05, 0.1) is 5.69 Å². The second kappa shape index (κ2) is 6.16. The zero-order valence-electron chi connectivity index (χ0n) is 13.0. The summed E-state index contributed by atoms with van der Waals surface area (Å²) in [6.07, 6.45) is 0.420. The molecule has 1 atom stereocenters. The number of rotatable bonds is 4. The Morgan fingerprint density at radius 3 is 2.81 bits per heavy atom. The number of amides is 2. The molecule has 21 heavy (non-hydrogen) atoms. The summed E-state index contributed by atoms with van der Waals surface area (Å²) in [5.41, 5.74) is 1.24. The molecular weight excluding hydrogens is 268 g/mol. The van der Waals surface area contributed by atoms with Crippen LogP contribution in [-0.4, -0.2) is 31.5 Å². The number of anilines is 1. The minimum absolute atomic E-state index is 0.0864. The maximum atomic E-state index is 12.1. The molecule has 0 bridgehead atoms. The SMILES string of the molecule is CC(C)CCNC(=O)c1ccc2c(c1)OC(C)C(=O)N2C. The molecule has 1 unspecified atom stereocenters. The van der Waals surface area contributed by atoms with E-state index < -0.39 is 6.10 Å². The lowest BCUT2D eigenvalue weighted by atomic mass is 10.1. The van der Waals surface area contributed by atoms with Crippen LogP contribution in [0.4, 0.5) is 5.69 Å². The first-order valence-electron chi connectivity index (χ1n) is 7.26. The average Bonchev–Trinajstić information content (AvgIpc) is 2.44. The van der Waals surface area contributed by atoms with E-state index in [9.17, 15) is 9.59 Å². The molecular formula is C16H22N2O3. The van der Waals surface area contributed by atoms with Crippen molar-refractivity contribution in [1.82, 2.24) is 5.32 Å². The van der Waals surface area contributed by atoms with Crippen LogP contribution in [-0.2, 0) is 4.79 Å². The minimum atomic E-state index is -0.526. The Balaban J connectivity index is 2.12. The number of likely N-dealkylation sites (N-methyl/N-ethyl adjacent to an activating group) is 1. The van der Waals surface area contributed by atoms with Crippen LogP contribution in [0.5, 0.6) is 5.75 Å². The van der Waals surface area contributed by atoms with Crippen molar-refractivity contribution in [2.45, 2.75) is 33.3 Å². The van der Waals surface area contributed by atoms with Crippen LogP contribution in [0.3, 0.4) is 0 Å². The van der Waals surface area contributed by atoms with Crippen LogP contribution in [0.25, 0.3) is 0 Å². The smallest absolute Gasteiger partial charge is 0.267 e. The molecule has 0 aliphatic carbocycles. The topological polar surface area (TPSA) is 58.6 Å². The number of carbonyl (C=O) groups excluding carboxylic acids is 2. The minimum Gasteiger partial charge on any atom is -0.479 e. The monoisotopic (exact) mass is 290 g/mol. The van der Waals surface area contributed by atoms with Crippen molar-refractivity contribution in [2.75, 3.05) is 18.5 Å². The fraction of sp³-hybridized carbons (Fsp3) is 0.500. The Morgan fingerprint density at radius 1 is 1.43 bits per heavy atom. The van der Waals surface area contributed by atoms with Gasteiger partial charge in [-0.05, 0) is 37.5 Å². The van der Waals surface area contributed by atoms with Crippen molar-refractivity contribution in [2.24, 2.45) is 5.92 Å². The molecule has 2 amide bonds. The summed E-state index contributed by atoms with van der Waals surface area (Å²) < 4.78 is 5.58. The van der Waals surface area contributed by atoms with Crippen LogP contribution in [0, 0.1) is 5.92 Å². The van der Waals surface area contributed by atoms with Gasteiger partial charge in [-0.1, -0.05) is 13.8 Å². The molecule has 5 nitrogen and oxygen atoms in total. The zero-order valence-corrected chi connectivity index (χ0v) is 13.0. The molecule has 114 valence electrons. The van der Waals surface area contributed by atoms with E-state index in [0.29, 0.717) is 29.5 Å². The standard InChI is InChI=1S/C16H22N2O3/c1-10(2)7-8-17-15(19)12-5-6-13-14(9-12)21-11(3)16(20)18(13)4/h5-6,9-11H,7-8H2,1-4H3,(H,17,19). The summed E-state index contributed by atoms with van der Waals surface area (Å²) in [5.74, 6) is 0.921. The van der Waals surface area contributed by atoms with Crippen molar-refractivity contribution in [3.63, 3.8) is 0 Å². The second-order valence-electron chi connectivity index (χ2n) is 5.78. The van der Waals surface area contributed by atoms with Gasteiger partial charge in [0, 0.05) is 19.2 Å². The number of nitrogens with one attached hydrogen (secondary N) is 1. The number of fused-ring (bicyclic) bond motifs is 1. The van der Waals surface area contributed by atoms with E-state index in [1.54, 1.807) is 37.1 Å². The molecule has 1 aromatic carbocycles. The van der Waals surface area contributed by atoms with E-state index in [2.05, 4.69) is 19.2 Å². The lowest BCUT2D eigenvalue weighted by Gasteiger charge is -2.30. The molecule has 0 radical (unpaired) electrons. The second-order valence-corrected chi connectivity index (χ2v) is 5.78. The Kier molecular flexibility index (Phi) is 4.50. The summed E-state index contributed by atoms with van der Waals surface area (Å²) in [5, 5.41) is 2.89. The van der Waals surface area contributed by atoms with Gasteiger partial charge in [-0.15, -0.1) is 0 Å². The molecule has 1 aliphatic heterocycles. The van der Waals surface area contributed by atoms with Crippen molar-refractivity contribution in [3.8, 4) is 5.75 Å². The molecule has 2 rings (SSSR count). The van der Waals surface area contributed by atoms with Gasteiger partial charge in [-0.25, -0.2) is 0 Å². The van der Waals surface area contributed by atoms with Crippen LogP contribution in [0.1, 0.15) is 37.6 Å². The third-order valence-electron chi connectivity index (χ3n) is 3.57. The molecule has 1 aromatic rings. The maximum Gasteiger partial charge on any atom is 0.267 e. The molecule has 0 fully saturated rings. The molecule has 1 N–H and O–H groups in total. The quantitative estimate of drug-likeness (QED) is 0.925. The number of nitrogens with zero attached hydrogens (tertiary/aromatic N) is 1. The van der Waals surface area contributed by atoms with Gasteiger partial charge in [0.25, 0.3) is 11.8 Å². The number of benzene rings is 1. The van der Waals surface area contributed by atoms with Gasteiger partial charge in [-0.3, -0.25) is 9.59 Å². The van der Waals surface area contributed by atoms with E-state index in [4.69, 9.17) is 4.74 Å². The molecule has 0 aromatic heterocycles. The fourth-order valence-corrected chi connectivity index (χ4v) is 2.24. The molecule has 0 spiro atoms. The summed E-state index contributed by atoms with van der Waals surface area (Å²) in [6, 6.07) is 5.16. The van der Waals surface area contributed by atoms with Crippen molar-refractivity contribution < 1.29 is 14.3 Å². The summed E-state index contributed by atoms with van der Waals surface area (Å²) >= 11 is 0. The van der Waals surface area contributed by atoms with Gasteiger partial charge >= 0.3 is 0 Å². The molecule has 0 saturated heterocycles. The molecule has 5 heteroatoms. The molecule has 1 heterocycles.